The van der Waals surface area contributed by atoms with Crippen molar-refractivity contribution in [1.82, 2.24) is 5.32 Å². The van der Waals surface area contributed by atoms with E-state index < -0.39 is 0 Å². The molecule has 2 atom stereocenters. The largest absolute Gasteiger partial charge is 0.394 e. The Morgan fingerprint density at radius 3 is 2.47 bits per heavy atom. The van der Waals surface area contributed by atoms with Gasteiger partial charge in [-0.05, 0) is 57.4 Å². The molecule has 1 aliphatic carbocycles. The van der Waals surface area contributed by atoms with Crippen LogP contribution in [0.2, 0.25) is 0 Å². The Labute approximate surface area is 118 Å². The van der Waals surface area contributed by atoms with Gasteiger partial charge < -0.3 is 10.4 Å². The van der Waals surface area contributed by atoms with Crippen molar-refractivity contribution >= 4 is 0 Å². The van der Waals surface area contributed by atoms with Gasteiger partial charge in [0, 0.05) is 5.54 Å². The van der Waals surface area contributed by atoms with Crippen molar-refractivity contribution in [1.29, 1.82) is 5.26 Å². The fraction of sp³-hybridized carbons (Fsp3) is 0.938. The van der Waals surface area contributed by atoms with Crippen molar-refractivity contribution in [2.45, 2.75) is 65.8 Å². The van der Waals surface area contributed by atoms with Crippen LogP contribution in [-0.2, 0) is 0 Å². The fourth-order valence-electron chi connectivity index (χ4n) is 3.75. The van der Waals surface area contributed by atoms with E-state index in [0.29, 0.717) is 5.92 Å². The highest BCUT2D eigenvalue weighted by Gasteiger charge is 2.42. The van der Waals surface area contributed by atoms with E-state index in [9.17, 15) is 5.11 Å². The maximum absolute atomic E-state index is 9.85. The summed E-state index contributed by atoms with van der Waals surface area (Å²) in [5.41, 5.74) is -0.176. The average Bonchev–Trinajstić information content (AvgIpc) is 2.26. The number of hydrogen-bond donors (Lipinski definition) is 2. The highest BCUT2D eigenvalue weighted by atomic mass is 16.3. The summed E-state index contributed by atoms with van der Waals surface area (Å²) in [6.45, 7) is 11.8. The molecule has 110 valence electrons. The van der Waals surface area contributed by atoms with Gasteiger partial charge in [-0.15, -0.1) is 0 Å². The van der Waals surface area contributed by atoms with E-state index >= 15 is 0 Å². The average molecular weight is 266 g/mol. The minimum Gasteiger partial charge on any atom is -0.394 e. The maximum Gasteiger partial charge on any atom is 0.0684 e. The van der Waals surface area contributed by atoms with Crippen molar-refractivity contribution < 1.29 is 5.11 Å². The van der Waals surface area contributed by atoms with E-state index in [1.54, 1.807) is 0 Å². The molecule has 0 aromatic carbocycles. The van der Waals surface area contributed by atoms with Gasteiger partial charge in [-0.25, -0.2) is 0 Å². The third kappa shape index (κ3) is 4.78. The Morgan fingerprint density at radius 1 is 1.37 bits per heavy atom. The summed E-state index contributed by atoms with van der Waals surface area (Å²) >= 11 is 0. The quantitative estimate of drug-likeness (QED) is 0.804. The second-order valence-electron chi connectivity index (χ2n) is 7.97. The summed E-state index contributed by atoms with van der Waals surface area (Å²) in [5.74, 6) is 0.632. The Hall–Kier alpha value is -0.590. The van der Waals surface area contributed by atoms with Gasteiger partial charge in [0.05, 0.1) is 18.1 Å². The molecule has 2 unspecified atom stereocenters. The molecule has 3 nitrogen and oxygen atoms in total. The first-order valence-corrected chi connectivity index (χ1v) is 7.41. The molecular formula is C16H30N2O. The molecule has 1 rings (SSSR count). The first-order chi connectivity index (χ1) is 8.64. The lowest BCUT2D eigenvalue weighted by Crippen LogP contribution is -2.55. The Bertz CT molecular complexity index is 343. The number of hydrogen-bond acceptors (Lipinski definition) is 3. The summed E-state index contributed by atoms with van der Waals surface area (Å²) in [5, 5.41) is 22.5. The monoisotopic (exact) mass is 266 g/mol. The molecule has 0 amide bonds. The molecule has 0 aliphatic heterocycles. The van der Waals surface area contributed by atoms with Gasteiger partial charge in [0.25, 0.3) is 0 Å². The molecule has 1 fully saturated rings. The lowest BCUT2D eigenvalue weighted by Gasteiger charge is -2.47. The zero-order valence-corrected chi connectivity index (χ0v) is 13.2. The van der Waals surface area contributed by atoms with Crippen LogP contribution in [-0.4, -0.2) is 23.8 Å². The minimum absolute atomic E-state index is 0.160. The van der Waals surface area contributed by atoms with Crippen LogP contribution in [0.1, 0.15) is 60.3 Å². The summed E-state index contributed by atoms with van der Waals surface area (Å²) in [6, 6.07) is 2.33. The van der Waals surface area contributed by atoms with Crippen LogP contribution < -0.4 is 5.32 Å². The van der Waals surface area contributed by atoms with Gasteiger partial charge >= 0.3 is 0 Å². The van der Waals surface area contributed by atoms with E-state index in [4.69, 9.17) is 5.26 Å². The summed E-state index contributed by atoms with van der Waals surface area (Å²) in [7, 11) is 0. The molecule has 0 saturated heterocycles. The molecule has 2 N–H and O–H groups in total. The highest BCUT2D eigenvalue weighted by Crippen LogP contribution is 2.43. The van der Waals surface area contributed by atoms with Crippen molar-refractivity contribution in [3.8, 4) is 6.07 Å². The fourth-order valence-corrected chi connectivity index (χ4v) is 3.75. The van der Waals surface area contributed by atoms with Crippen molar-refractivity contribution in [3.05, 3.63) is 0 Å². The van der Waals surface area contributed by atoms with Gasteiger partial charge in [-0.1, -0.05) is 20.8 Å². The lowest BCUT2D eigenvalue weighted by molar-refractivity contribution is 0.0354. The summed E-state index contributed by atoms with van der Waals surface area (Å²) in [4.78, 5) is 0. The topological polar surface area (TPSA) is 56.0 Å². The predicted molar refractivity (Wildman–Crippen MR) is 78.6 cm³/mol. The van der Waals surface area contributed by atoms with Crippen LogP contribution in [0.4, 0.5) is 0 Å². The maximum atomic E-state index is 9.85. The van der Waals surface area contributed by atoms with E-state index in [0.717, 1.165) is 25.8 Å². The van der Waals surface area contributed by atoms with Crippen molar-refractivity contribution in [3.63, 3.8) is 0 Å². The molecule has 0 spiro atoms. The van der Waals surface area contributed by atoms with E-state index in [-0.39, 0.29) is 23.0 Å². The summed E-state index contributed by atoms with van der Waals surface area (Å²) < 4.78 is 0. The number of aliphatic hydroxyl groups is 1. The van der Waals surface area contributed by atoms with E-state index in [1.165, 1.54) is 6.42 Å². The second-order valence-corrected chi connectivity index (χ2v) is 7.97. The molecule has 1 aliphatic rings. The van der Waals surface area contributed by atoms with Gasteiger partial charge in [-0.3, -0.25) is 0 Å². The lowest BCUT2D eigenvalue weighted by atomic mass is 9.64. The van der Waals surface area contributed by atoms with Crippen molar-refractivity contribution in [2.75, 3.05) is 13.2 Å². The van der Waals surface area contributed by atoms with Gasteiger partial charge in [0.1, 0.15) is 0 Å². The van der Waals surface area contributed by atoms with Gasteiger partial charge in [0.2, 0.25) is 0 Å². The molecule has 0 aromatic heterocycles. The molecule has 19 heavy (non-hydrogen) atoms. The van der Waals surface area contributed by atoms with Crippen molar-refractivity contribution in [2.24, 2.45) is 16.7 Å². The van der Waals surface area contributed by atoms with Crippen LogP contribution in [0.25, 0.3) is 0 Å². The number of nitrogens with zero attached hydrogens (tertiary/aromatic N) is 1. The van der Waals surface area contributed by atoms with Crippen LogP contribution in [0.3, 0.4) is 0 Å². The molecule has 0 heterocycles. The first-order valence-electron chi connectivity index (χ1n) is 7.41. The number of nitriles is 1. The Kier molecular flexibility index (Phi) is 5.03. The smallest absolute Gasteiger partial charge is 0.0684 e. The molecule has 0 aromatic rings. The predicted octanol–water partition coefficient (Wildman–Crippen LogP) is 3.09. The van der Waals surface area contributed by atoms with Crippen LogP contribution in [0, 0.1) is 28.1 Å². The second kappa shape index (κ2) is 5.81. The minimum atomic E-state index is -0.292. The van der Waals surface area contributed by atoms with Gasteiger partial charge in [-0.2, -0.15) is 5.26 Å². The van der Waals surface area contributed by atoms with E-state index in [2.05, 4.69) is 32.2 Å². The SMILES string of the molecule is CC1CC(C)(C)CC(CO)(NCCC(C)(C)C#N)C1. The number of aliphatic hydroxyl groups excluding tert-OH is 1. The van der Waals surface area contributed by atoms with Crippen LogP contribution in [0.5, 0.6) is 0 Å². The number of rotatable bonds is 5. The zero-order valence-electron chi connectivity index (χ0n) is 13.2. The van der Waals surface area contributed by atoms with Crippen LogP contribution >= 0.6 is 0 Å². The van der Waals surface area contributed by atoms with Crippen LogP contribution in [0.15, 0.2) is 0 Å². The Morgan fingerprint density at radius 2 is 2.00 bits per heavy atom. The highest BCUT2D eigenvalue weighted by molar-refractivity contribution is 4.99. The summed E-state index contributed by atoms with van der Waals surface area (Å²) in [6.07, 6.45) is 4.08. The molecule has 3 heteroatoms. The first kappa shape index (κ1) is 16.5. The standard InChI is InChI=1S/C16H30N2O/c1-13-8-15(4,5)10-16(9-13,12-19)18-7-6-14(2,3)11-17/h13,18-19H,6-10,12H2,1-5H3. The normalized spacial score (nSPS) is 30.9. The Balaban J connectivity index is 2.64. The molecule has 0 radical (unpaired) electrons. The molecule has 0 bridgehead atoms. The third-order valence-corrected chi connectivity index (χ3v) is 4.31. The molecule has 1 saturated carbocycles. The zero-order chi connectivity index (χ0) is 14.7. The van der Waals surface area contributed by atoms with E-state index in [1.807, 2.05) is 13.8 Å². The number of nitrogens with one attached hydrogen (secondary N) is 1. The van der Waals surface area contributed by atoms with Gasteiger partial charge in [0.15, 0.2) is 0 Å². The molecular weight excluding hydrogens is 236 g/mol. The third-order valence-electron chi connectivity index (χ3n) is 4.31.